The molecule has 1 aliphatic rings. The topological polar surface area (TPSA) is 15.3 Å². The largest absolute Gasteiger partial charge is 0.385 e. The van der Waals surface area contributed by atoms with Crippen LogP contribution >= 0.6 is 0 Å². The van der Waals surface area contributed by atoms with E-state index in [2.05, 4.69) is 10.2 Å². The molecule has 3 heteroatoms. The highest BCUT2D eigenvalue weighted by Gasteiger charge is 2.08. The Balaban J connectivity index is 1.62. The van der Waals surface area contributed by atoms with E-state index < -0.39 is 0 Å². The van der Waals surface area contributed by atoms with Crippen LogP contribution < -0.4 is 5.32 Å². The number of benzene rings is 1. The smallest absolute Gasteiger partial charge is 0.125 e. The molecule has 0 aromatic heterocycles. The molecule has 1 N–H and O–H groups in total. The van der Waals surface area contributed by atoms with E-state index >= 15 is 0 Å². The number of halogens is 1. The quantitative estimate of drug-likeness (QED) is 0.790. The van der Waals surface area contributed by atoms with Gasteiger partial charge in [-0.05, 0) is 57.1 Å². The number of nitrogens with one attached hydrogen (secondary N) is 1. The normalized spacial score (nSPS) is 17.0. The third kappa shape index (κ3) is 4.35. The lowest BCUT2D eigenvalue weighted by molar-refractivity contribution is 0.228. The Morgan fingerprint density at radius 1 is 1.18 bits per heavy atom. The molecule has 0 radical (unpaired) electrons. The number of piperidine rings is 1. The van der Waals surface area contributed by atoms with Gasteiger partial charge in [0.2, 0.25) is 0 Å². The fourth-order valence-corrected chi connectivity index (χ4v) is 2.32. The second-order valence-corrected chi connectivity index (χ2v) is 4.69. The zero-order valence-electron chi connectivity index (χ0n) is 10.3. The van der Waals surface area contributed by atoms with Gasteiger partial charge in [-0.25, -0.2) is 4.39 Å². The molecule has 1 aromatic rings. The van der Waals surface area contributed by atoms with E-state index in [-0.39, 0.29) is 5.82 Å². The molecule has 1 aliphatic heterocycles. The van der Waals surface area contributed by atoms with Gasteiger partial charge in [0.15, 0.2) is 0 Å². The minimum Gasteiger partial charge on any atom is -0.385 e. The van der Waals surface area contributed by atoms with E-state index in [1.165, 1.54) is 38.4 Å². The van der Waals surface area contributed by atoms with Crippen molar-refractivity contribution in [3.05, 3.63) is 30.1 Å². The number of likely N-dealkylation sites (tertiary alicyclic amines) is 1. The first-order valence-corrected chi connectivity index (χ1v) is 6.56. The van der Waals surface area contributed by atoms with Crippen molar-refractivity contribution in [1.82, 2.24) is 4.90 Å². The van der Waals surface area contributed by atoms with Gasteiger partial charge in [-0.3, -0.25) is 0 Å². The van der Waals surface area contributed by atoms with E-state index in [0.717, 1.165) is 25.2 Å². The molecule has 0 spiro atoms. The van der Waals surface area contributed by atoms with Gasteiger partial charge < -0.3 is 10.2 Å². The summed E-state index contributed by atoms with van der Waals surface area (Å²) < 4.78 is 12.9. The Kier molecular flexibility index (Phi) is 4.80. The van der Waals surface area contributed by atoms with E-state index in [0.29, 0.717) is 0 Å². The Morgan fingerprint density at radius 3 is 2.76 bits per heavy atom. The SMILES string of the molecule is Fc1cccc(NCCCN2CCCCC2)c1. The van der Waals surface area contributed by atoms with Crippen LogP contribution in [0.25, 0.3) is 0 Å². The van der Waals surface area contributed by atoms with Crippen LogP contribution in [-0.2, 0) is 0 Å². The van der Waals surface area contributed by atoms with E-state index in [1.54, 1.807) is 12.1 Å². The van der Waals surface area contributed by atoms with Gasteiger partial charge in [-0.2, -0.15) is 0 Å². The molecule has 1 fully saturated rings. The van der Waals surface area contributed by atoms with Crippen molar-refractivity contribution in [3.63, 3.8) is 0 Å². The van der Waals surface area contributed by atoms with Crippen molar-refractivity contribution in [2.24, 2.45) is 0 Å². The highest BCUT2D eigenvalue weighted by molar-refractivity contribution is 5.42. The first-order chi connectivity index (χ1) is 8.34. The minimum atomic E-state index is -0.175. The molecule has 0 saturated carbocycles. The van der Waals surface area contributed by atoms with E-state index in [9.17, 15) is 4.39 Å². The van der Waals surface area contributed by atoms with Crippen molar-refractivity contribution in [2.75, 3.05) is 31.5 Å². The first kappa shape index (κ1) is 12.4. The number of rotatable bonds is 5. The molecule has 1 aromatic carbocycles. The van der Waals surface area contributed by atoms with Crippen LogP contribution in [0.15, 0.2) is 24.3 Å². The standard InChI is InChI=1S/C14H21FN2/c15-13-6-4-7-14(12-13)16-8-5-11-17-9-2-1-3-10-17/h4,6-7,12,16H,1-3,5,8-11H2. The van der Waals surface area contributed by atoms with Crippen LogP contribution in [0.3, 0.4) is 0 Å². The van der Waals surface area contributed by atoms with Crippen molar-refractivity contribution >= 4 is 5.69 Å². The maximum Gasteiger partial charge on any atom is 0.125 e. The molecule has 0 unspecified atom stereocenters. The Bertz CT molecular complexity index is 335. The van der Waals surface area contributed by atoms with Crippen LogP contribution in [0.4, 0.5) is 10.1 Å². The molecular formula is C14H21FN2. The van der Waals surface area contributed by atoms with Gasteiger partial charge in [0.05, 0.1) is 0 Å². The fraction of sp³-hybridized carbons (Fsp3) is 0.571. The first-order valence-electron chi connectivity index (χ1n) is 6.56. The van der Waals surface area contributed by atoms with Crippen LogP contribution in [0.5, 0.6) is 0 Å². The van der Waals surface area contributed by atoms with E-state index in [1.807, 2.05) is 6.07 Å². The summed E-state index contributed by atoms with van der Waals surface area (Å²) in [6.45, 7) is 4.57. The second kappa shape index (κ2) is 6.60. The predicted molar refractivity (Wildman–Crippen MR) is 69.8 cm³/mol. The van der Waals surface area contributed by atoms with Crippen molar-refractivity contribution < 1.29 is 4.39 Å². The van der Waals surface area contributed by atoms with Crippen molar-refractivity contribution in [3.8, 4) is 0 Å². The highest BCUT2D eigenvalue weighted by Crippen LogP contribution is 2.10. The Hall–Kier alpha value is -1.09. The summed E-state index contributed by atoms with van der Waals surface area (Å²) in [7, 11) is 0. The summed E-state index contributed by atoms with van der Waals surface area (Å²) in [6, 6.07) is 6.66. The summed E-state index contributed by atoms with van der Waals surface area (Å²) in [4.78, 5) is 2.52. The molecule has 94 valence electrons. The van der Waals surface area contributed by atoms with Gasteiger partial charge in [-0.15, -0.1) is 0 Å². The number of hydrogen-bond donors (Lipinski definition) is 1. The van der Waals surface area contributed by atoms with Gasteiger partial charge >= 0.3 is 0 Å². The summed E-state index contributed by atoms with van der Waals surface area (Å²) in [5, 5.41) is 3.26. The van der Waals surface area contributed by atoms with Crippen LogP contribution in [0, 0.1) is 5.82 Å². The van der Waals surface area contributed by atoms with Crippen LogP contribution in [0.1, 0.15) is 25.7 Å². The molecular weight excluding hydrogens is 215 g/mol. The molecule has 2 rings (SSSR count). The molecule has 1 saturated heterocycles. The molecule has 2 nitrogen and oxygen atoms in total. The van der Waals surface area contributed by atoms with Crippen molar-refractivity contribution in [1.29, 1.82) is 0 Å². The van der Waals surface area contributed by atoms with Gasteiger partial charge in [-0.1, -0.05) is 12.5 Å². The maximum absolute atomic E-state index is 12.9. The van der Waals surface area contributed by atoms with Crippen LogP contribution in [-0.4, -0.2) is 31.1 Å². The Morgan fingerprint density at radius 2 is 2.00 bits per heavy atom. The van der Waals surface area contributed by atoms with Gasteiger partial charge in [0, 0.05) is 12.2 Å². The molecule has 17 heavy (non-hydrogen) atoms. The zero-order valence-corrected chi connectivity index (χ0v) is 10.3. The molecule has 0 atom stereocenters. The molecule has 0 bridgehead atoms. The maximum atomic E-state index is 12.9. The second-order valence-electron chi connectivity index (χ2n) is 4.69. The zero-order chi connectivity index (χ0) is 11.9. The molecule has 0 aliphatic carbocycles. The van der Waals surface area contributed by atoms with E-state index in [4.69, 9.17) is 0 Å². The lowest BCUT2D eigenvalue weighted by Crippen LogP contribution is -2.31. The summed E-state index contributed by atoms with van der Waals surface area (Å²) in [6.07, 6.45) is 5.20. The highest BCUT2D eigenvalue weighted by atomic mass is 19.1. The van der Waals surface area contributed by atoms with Crippen LogP contribution in [0.2, 0.25) is 0 Å². The molecule has 0 amide bonds. The summed E-state index contributed by atoms with van der Waals surface area (Å²) in [5.41, 5.74) is 0.878. The average Bonchev–Trinajstić information content (AvgIpc) is 2.36. The third-order valence-corrected chi connectivity index (χ3v) is 3.25. The molecule has 1 heterocycles. The summed E-state index contributed by atoms with van der Waals surface area (Å²) >= 11 is 0. The van der Waals surface area contributed by atoms with Crippen molar-refractivity contribution in [2.45, 2.75) is 25.7 Å². The number of anilines is 1. The third-order valence-electron chi connectivity index (χ3n) is 3.25. The van der Waals surface area contributed by atoms with Gasteiger partial charge in [0.1, 0.15) is 5.82 Å². The average molecular weight is 236 g/mol. The number of hydrogen-bond acceptors (Lipinski definition) is 2. The monoisotopic (exact) mass is 236 g/mol. The minimum absolute atomic E-state index is 0.175. The lowest BCUT2D eigenvalue weighted by atomic mass is 10.1. The lowest BCUT2D eigenvalue weighted by Gasteiger charge is -2.26. The predicted octanol–water partition coefficient (Wildman–Crippen LogP) is 3.11. The fourth-order valence-electron chi connectivity index (χ4n) is 2.32. The Labute approximate surface area is 103 Å². The number of nitrogens with zero attached hydrogens (tertiary/aromatic N) is 1. The van der Waals surface area contributed by atoms with Gasteiger partial charge in [0.25, 0.3) is 0 Å². The summed E-state index contributed by atoms with van der Waals surface area (Å²) in [5.74, 6) is -0.175.